The molecule has 0 amide bonds. The molecule has 0 unspecified atom stereocenters. The molecule has 2 aromatic carbocycles. The molecule has 0 aliphatic carbocycles. The van der Waals surface area contributed by atoms with E-state index in [2.05, 4.69) is 20.3 Å². The van der Waals surface area contributed by atoms with Crippen molar-refractivity contribution in [2.45, 2.75) is 40.2 Å². The third-order valence-electron chi connectivity index (χ3n) is 4.70. The summed E-state index contributed by atoms with van der Waals surface area (Å²) in [5, 5.41) is 3.08. The molecule has 0 saturated carbocycles. The number of para-hydroxylation sites is 1. The van der Waals surface area contributed by atoms with Crippen LogP contribution in [0.15, 0.2) is 42.5 Å². The number of esters is 1. The Morgan fingerprint density at radius 3 is 2.52 bits per heavy atom. The number of Topliss-reactive ketones (excluding diaryl/α,β-unsaturated/α-hetero) is 1. The third kappa shape index (κ3) is 6.08. The van der Waals surface area contributed by atoms with Gasteiger partial charge in [0.25, 0.3) is 0 Å². The minimum atomic E-state index is -0.508. The van der Waals surface area contributed by atoms with E-state index in [1.807, 2.05) is 63.2 Å². The second-order valence-corrected chi connectivity index (χ2v) is 7.28. The molecule has 0 aliphatic heterocycles. The first kappa shape index (κ1) is 21.9. The number of hydrogen-bond acceptors (Lipinski definition) is 8. The van der Waals surface area contributed by atoms with E-state index in [1.54, 1.807) is 0 Å². The SMILES string of the molecule is Cc1ccc(C)c(C(=O)CCC(=O)OCc2nc(N)nc(Nc3ccccc3C)n2)c1. The van der Waals surface area contributed by atoms with Crippen molar-refractivity contribution < 1.29 is 14.3 Å². The van der Waals surface area contributed by atoms with Crippen molar-refractivity contribution in [1.82, 2.24) is 15.0 Å². The number of benzene rings is 2. The van der Waals surface area contributed by atoms with E-state index in [-0.39, 0.29) is 43.0 Å². The zero-order valence-corrected chi connectivity index (χ0v) is 17.8. The second-order valence-electron chi connectivity index (χ2n) is 7.28. The lowest BCUT2D eigenvalue weighted by atomic mass is 9.99. The van der Waals surface area contributed by atoms with Gasteiger partial charge in [-0.3, -0.25) is 9.59 Å². The van der Waals surface area contributed by atoms with E-state index in [4.69, 9.17) is 10.5 Å². The zero-order chi connectivity index (χ0) is 22.4. The third-order valence-corrected chi connectivity index (χ3v) is 4.70. The van der Waals surface area contributed by atoms with Gasteiger partial charge in [-0.1, -0.05) is 35.9 Å². The maximum Gasteiger partial charge on any atom is 0.306 e. The van der Waals surface area contributed by atoms with Crippen LogP contribution in [0.1, 0.15) is 45.7 Å². The van der Waals surface area contributed by atoms with Gasteiger partial charge in [-0.15, -0.1) is 0 Å². The number of anilines is 3. The van der Waals surface area contributed by atoms with Crippen LogP contribution < -0.4 is 11.1 Å². The molecule has 3 rings (SSSR count). The molecule has 8 heteroatoms. The van der Waals surface area contributed by atoms with Crippen molar-refractivity contribution in [2.24, 2.45) is 0 Å². The maximum atomic E-state index is 12.4. The number of nitrogens with two attached hydrogens (primary N) is 1. The summed E-state index contributed by atoms with van der Waals surface area (Å²) in [5.74, 6) is -0.101. The lowest BCUT2D eigenvalue weighted by molar-refractivity contribution is -0.145. The van der Waals surface area contributed by atoms with Crippen LogP contribution in [-0.2, 0) is 16.1 Å². The fourth-order valence-electron chi connectivity index (χ4n) is 3.00. The Bertz CT molecular complexity index is 1110. The summed E-state index contributed by atoms with van der Waals surface area (Å²) in [6.45, 7) is 5.59. The number of nitrogens with one attached hydrogen (secondary N) is 1. The van der Waals surface area contributed by atoms with Gasteiger partial charge in [-0.2, -0.15) is 15.0 Å². The lowest BCUT2D eigenvalue weighted by Crippen LogP contribution is -2.12. The fourth-order valence-corrected chi connectivity index (χ4v) is 3.00. The summed E-state index contributed by atoms with van der Waals surface area (Å²) in [6, 6.07) is 13.3. The summed E-state index contributed by atoms with van der Waals surface area (Å²) < 4.78 is 5.22. The van der Waals surface area contributed by atoms with Crippen LogP contribution in [0.3, 0.4) is 0 Å². The molecule has 160 valence electrons. The van der Waals surface area contributed by atoms with Crippen LogP contribution >= 0.6 is 0 Å². The summed E-state index contributed by atoms with van der Waals surface area (Å²) in [6.07, 6.45) is 0.0453. The lowest BCUT2D eigenvalue weighted by Gasteiger charge is -2.10. The van der Waals surface area contributed by atoms with Gasteiger partial charge in [0.1, 0.15) is 0 Å². The van der Waals surface area contributed by atoms with Crippen molar-refractivity contribution >= 4 is 29.3 Å². The molecule has 3 aromatic rings. The van der Waals surface area contributed by atoms with Gasteiger partial charge in [0.05, 0.1) is 6.42 Å². The summed E-state index contributed by atoms with van der Waals surface area (Å²) >= 11 is 0. The highest BCUT2D eigenvalue weighted by Gasteiger charge is 2.14. The summed E-state index contributed by atoms with van der Waals surface area (Å²) in [7, 11) is 0. The van der Waals surface area contributed by atoms with Gasteiger partial charge in [0.2, 0.25) is 11.9 Å². The van der Waals surface area contributed by atoms with Gasteiger partial charge in [0, 0.05) is 17.7 Å². The smallest absolute Gasteiger partial charge is 0.306 e. The first-order valence-electron chi connectivity index (χ1n) is 9.91. The van der Waals surface area contributed by atoms with E-state index in [0.717, 1.165) is 22.4 Å². The Labute approximate surface area is 180 Å². The molecule has 31 heavy (non-hydrogen) atoms. The van der Waals surface area contributed by atoms with E-state index in [9.17, 15) is 9.59 Å². The van der Waals surface area contributed by atoms with Gasteiger partial charge >= 0.3 is 5.97 Å². The molecule has 1 heterocycles. The second kappa shape index (κ2) is 9.80. The van der Waals surface area contributed by atoms with E-state index in [0.29, 0.717) is 5.56 Å². The number of carbonyl (C=O) groups is 2. The maximum absolute atomic E-state index is 12.4. The van der Waals surface area contributed by atoms with Crippen LogP contribution in [0.5, 0.6) is 0 Å². The standard InChI is InChI=1S/C23H25N5O3/c1-14-8-9-15(2)17(12-14)19(29)10-11-21(30)31-13-20-26-22(24)28-23(27-20)25-18-7-5-4-6-16(18)3/h4-9,12H,10-11,13H2,1-3H3,(H3,24,25,26,27,28). The fraction of sp³-hybridized carbons (Fsp3) is 0.261. The number of aromatic nitrogens is 3. The van der Waals surface area contributed by atoms with Crippen molar-refractivity contribution in [3.8, 4) is 0 Å². The summed E-state index contributed by atoms with van der Waals surface area (Å²) in [5.41, 5.74) is 10.1. The molecule has 1 aromatic heterocycles. The highest BCUT2D eigenvalue weighted by Crippen LogP contribution is 2.18. The number of aryl methyl sites for hydroxylation is 3. The minimum absolute atomic E-state index is 0.0160. The van der Waals surface area contributed by atoms with Gasteiger partial charge < -0.3 is 15.8 Å². The van der Waals surface area contributed by atoms with Crippen LogP contribution in [0.25, 0.3) is 0 Å². The number of hydrogen-bond donors (Lipinski definition) is 2. The van der Waals surface area contributed by atoms with Crippen LogP contribution in [0, 0.1) is 20.8 Å². The highest BCUT2D eigenvalue weighted by molar-refractivity contribution is 5.98. The molecular weight excluding hydrogens is 394 g/mol. The van der Waals surface area contributed by atoms with Crippen molar-refractivity contribution in [2.75, 3.05) is 11.1 Å². The zero-order valence-electron chi connectivity index (χ0n) is 17.8. The Hall–Kier alpha value is -3.81. The first-order chi connectivity index (χ1) is 14.8. The Kier molecular flexibility index (Phi) is 6.92. The van der Waals surface area contributed by atoms with Gasteiger partial charge in [-0.05, 0) is 44.0 Å². The van der Waals surface area contributed by atoms with Crippen LogP contribution in [0.2, 0.25) is 0 Å². The predicted molar refractivity (Wildman–Crippen MR) is 118 cm³/mol. The minimum Gasteiger partial charge on any atom is -0.457 e. The average molecular weight is 419 g/mol. The molecule has 0 radical (unpaired) electrons. The van der Waals surface area contributed by atoms with E-state index >= 15 is 0 Å². The highest BCUT2D eigenvalue weighted by atomic mass is 16.5. The largest absolute Gasteiger partial charge is 0.457 e. The number of nitrogen functional groups attached to an aromatic ring is 1. The van der Waals surface area contributed by atoms with E-state index in [1.165, 1.54) is 0 Å². The molecule has 8 nitrogen and oxygen atoms in total. The van der Waals surface area contributed by atoms with Crippen LogP contribution in [-0.4, -0.2) is 26.7 Å². The van der Waals surface area contributed by atoms with Crippen LogP contribution in [0.4, 0.5) is 17.6 Å². The Morgan fingerprint density at radius 2 is 1.74 bits per heavy atom. The monoisotopic (exact) mass is 419 g/mol. The van der Waals surface area contributed by atoms with Crippen molar-refractivity contribution in [1.29, 1.82) is 0 Å². The number of nitrogens with zero attached hydrogens (tertiary/aromatic N) is 3. The Morgan fingerprint density at radius 1 is 0.968 bits per heavy atom. The first-order valence-corrected chi connectivity index (χ1v) is 9.91. The number of ether oxygens (including phenoxy) is 1. The molecule has 0 bridgehead atoms. The molecule has 0 saturated heterocycles. The summed E-state index contributed by atoms with van der Waals surface area (Å²) in [4.78, 5) is 36.9. The number of rotatable bonds is 8. The van der Waals surface area contributed by atoms with E-state index < -0.39 is 5.97 Å². The van der Waals surface area contributed by atoms with Crippen molar-refractivity contribution in [3.63, 3.8) is 0 Å². The molecular formula is C23H25N5O3. The number of carbonyl (C=O) groups excluding carboxylic acids is 2. The molecule has 0 spiro atoms. The Balaban J connectivity index is 1.56. The predicted octanol–water partition coefficient (Wildman–Crippen LogP) is 3.83. The number of ketones is 1. The molecule has 0 aliphatic rings. The van der Waals surface area contributed by atoms with Gasteiger partial charge in [0.15, 0.2) is 18.2 Å². The van der Waals surface area contributed by atoms with Gasteiger partial charge in [-0.25, -0.2) is 0 Å². The topological polar surface area (TPSA) is 120 Å². The molecule has 0 atom stereocenters. The average Bonchev–Trinajstić information content (AvgIpc) is 2.73. The molecule has 3 N–H and O–H groups in total. The molecule has 0 fully saturated rings. The quantitative estimate of drug-likeness (QED) is 0.417. The van der Waals surface area contributed by atoms with Crippen molar-refractivity contribution in [3.05, 3.63) is 70.5 Å². The normalized spacial score (nSPS) is 10.5.